The van der Waals surface area contributed by atoms with Gasteiger partial charge < -0.3 is 20.9 Å². The average Bonchev–Trinajstić information content (AvgIpc) is 3.72. The van der Waals surface area contributed by atoms with Gasteiger partial charge in [0.2, 0.25) is 17.7 Å². The summed E-state index contributed by atoms with van der Waals surface area (Å²) in [7, 11) is 0. The molecule has 0 radical (unpaired) electrons. The lowest BCUT2D eigenvalue weighted by atomic mass is 9.90. The van der Waals surface area contributed by atoms with E-state index in [1.54, 1.807) is 0 Å². The largest absolute Gasteiger partial charge is 0.471 e. The van der Waals surface area contributed by atoms with Gasteiger partial charge in [0.05, 0.1) is 6.07 Å². The van der Waals surface area contributed by atoms with E-state index in [1.807, 2.05) is 11.4 Å². The maximum Gasteiger partial charge on any atom is 0.471 e. The molecule has 5 rings (SSSR count). The highest BCUT2D eigenvalue weighted by molar-refractivity contribution is 5.99. The zero-order chi connectivity index (χ0) is 26.5. The number of halogens is 3. The number of piperidine rings is 1. The van der Waals surface area contributed by atoms with Crippen molar-refractivity contribution in [1.29, 1.82) is 5.26 Å². The summed E-state index contributed by atoms with van der Waals surface area (Å²) in [5, 5.41) is 17.2. The standard InChI is InChI=1S/C25H32F3N5O4/c26-25(27,28)22(36)32-24(10-18(24)13-6-7-13)23(37)33-12-15-3-1-5-17(15)19(33)21(35)31-16(11-29)9-14-4-2-8-30-20(14)34/h13-19H,1-10,12H2,(H,30,34)(H,31,35)(H,32,36)/t14?,15-,16-,17-,18-,19-,24+/m0/s1. The number of carbonyl (C=O) groups is 4. The molecule has 3 N–H and O–H groups in total. The summed E-state index contributed by atoms with van der Waals surface area (Å²) in [5.41, 5.74) is -1.64. The van der Waals surface area contributed by atoms with E-state index in [9.17, 15) is 37.6 Å². The van der Waals surface area contributed by atoms with Crippen LogP contribution in [0.25, 0.3) is 0 Å². The topological polar surface area (TPSA) is 131 Å². The van der Waals surface area contributed by atoms with Crippen LogP contribution >= 0.6 is 0 Å². The number of rotatable bonds is 7. The van der Waals surface area contributed by atoms with Crippen LogP contribution < -0.4 is 16.0 Å². The van der Waals surface area contributed by atoms with E-state index in [-0.39, 0.29) is 49.0 Å². The highest BCUT2D eigenvalue weighted by atomic mass is 19.4. The molecule has 37 heavy (non-hydrogen) atoms. The van der Waals surface area contributed by atoms with Crippen molar-refractivity contribution in [3.8, 4) is 6.07 Å². The van der Waals surface area contributed by atoms with E-state index in [1.165, 1.54) is 4.90 Å². The van der Waals surface area contributed by atoms with Crippen molar-refractivity contribution in [2.75, 3.05) is 13.1 Å². The smallest absolute Gasteiger partial charge is 0.356 e. The first kappa shape index (κ1) is 25.8. The third kappa shape index (κ3) is 4.89. The van der Waals surface area contributed by atoms with Crippen LogP contribution in [0.2, 0.25) is 0 Å². The van der Waals surface area contributed by atoms with Gasteiger partial charge in [0.1, 0.15) is 17.6 Å². The van der Waals surface area contributed by atoms with Crippen LogP contribution in [0.4, 0.5) is 13.2 Å². The van der Waals surface area contributed by atoms with E-state index in [0.717, 1.165) is 32.1 Å². The zero-order valence-corrected chi connectivity index (χ0v) is 20.5. The maximum absolute atomic E-state index is 13.8. The van der Waals surface area contributed by atoms with Gasteiger partial charge in [-0.25, -0.2) is 0 Å². The fourth-order valence-corrected chi connectivity index (χ4v) is 6.92. The number of carbonyl (C=O) groups excluding carboxylic acids is 4. The molecule has 5 aliphatic rings. The van der Waals surface area contributed by atoms with Crippen LogP contribution in [0.5, 0.6) is 0 Å². The molecule has 0 spiro atoms. The number of nitrogens with zero attached hydrogens (tertiary/aromatic N) is 2. The number of nitriles is 1. The molecule has 5 fully saturated rings. The Morgan fingerprint density at radius 1 is 1.14 bits per heavy atom. The fraction of sp³-hybridized carbons (Fsp3) is 0.800. The second-order valence-electron chi connectivity index (χ2n) is 11.4. The molecule has 7 atom stereocenters. The number of likely N-dealkylation sites (tertiary alicyclic amines) is 1. The molecule has 0 aromatic heterocycles. The summed E-state index contributed by atoms with van der Waals surface area (Å²) in [6.07, 6.45) is 0.547. The molecule has 2 heterocycles. The molecular weight excluding hydrogens is 491 g/mol. The van der Waals surface area contributed by atoms with Gasteiger partial charge in [0.15, 0.2) is 0 Å². The van der Waals surface area contributed by atoms with Gasteiger partial charge >= 0.3 is 12.1 Å². The lowest BCUT2D eigenvalue weighted by molar-refractivity contribution is -0.175. The van der Waals surface area contributed by atoms with Crippen molar-refractivity contribution >= 4 is 23.6 Å². The van der Waals surface area contributed by atoms with Crippen molar-refractivity contribution in [2.24, 2.45) is 29.6 Å². The van der Waals surface area contributed by atoms with Crippen molar-refractivity contribution in [2.45, 2.75) is 81.6 Å². The fourth-order valence-electron chi connectivity index (χ4n) is 6.92. The minimum absolute atomic E-state index is 0.0397. The van der Waals surface area contributed by atoms with E-state index >= 15 is 0 Å². The molecule has 9 nitrogen and oxygen atoms in total. The Morgan fingerprint density at radius 3 is 2.54 bits per heavy atom. The first-order valence-electron chi connectivity index (χ1n) is 13.2. The first-order valence-corrected chi connectivity index (χ1v) is 13.2. The van der Waals surface area contributed by atoms with Crippen molar-refractivity contribution in [1.82, 2.24) is 20.9 Å². The minimum Gasteiger partial charge on any atom is -0.356 e. The Bertz CT molecular complexity index is 1020. The Kier molecular flexibility index (Phi) is 6.61. The summed E-state index contributed by atoms with van der Waals surface area (Å²) >= 11 is 0. The summed E-state index contributed by atoms with van der Waals surface area (Å²) in [6, 6.07) is 0.193. The molecule has 0 aromatic carbocycles. The van der Waals surface area contributed by atoms with Crippen LogP contribution in [0.15, 0.2) is 0 Å². The number of fused-ring (bicyclic) bond motifs is 1. The SMILES string of the molecule is N#C[C@H](CC1CCCNC1=O)NC(=O)[C@@H]1[C@H]2CCC[C@H]2CN1C(=O)[C@@]1(NC(=O)C(F)(F)F)C[C@H]1C1CC1. The van der Waals surface area contributed by atoms with Crippen molar-refractivity contribution < 1.29 is 32.3 Å². The van der Waals surface area contributed by atoms with Crippen molar-refractivity contribution in [3.63, 3.8) is 0 Å². The predicted molar refractivity (Wildman–Crippen MR) is 122 cm³/mol. The maximum atomic E-state index is 13.8. The molecule has 3 aliphatic carbocycles. The van der Waals surface area contributed by atoms with Crippen LogP contribution in [0, 0.1) is 40.9 Å². The predicted octanol–water partition coefficient (Wildman–Crippen LogP) is 1.39. The third-order valence-corrected chi connectivity index (χ3v) is 8.99. The molecule has 3 saturated carbocycles. The molecule has 2 aliphatic heterocycles. The molecule has 1 unspecified atom stereocenters. The third-order valence-electron chi connectivity index (χ3n) is 8.99. The Morgan fingerprint density at radius 2 is 1.89 bits per heavy atom. The van der Waals surface area contributed by atoms with Gasteiger partial charge in [-0.3, -0.25) is 19.2 Å². The lowest BCUT2D eigenvalue weighted by Crippen LogP contribution is -2.59. The number of hydrogen-bond acceptors (Lipinski definition) is 5. The van der Waals surface area contributed by atoms with Gasteiger partial charge in [-0.15, -0.1) is 0 Å². The molecule has 0 bridgehead atoms. The monoisotopic (exact) mass is 523 g/mol. The highest BCUT2D eigenvalue weighted by Gasteiger charge is 2.69. The number of alkyl halides is 3. The Labute approximate surface area is 212 Å². The molecule has 4 amide bonds. The Balaban J connectivity index is 1.34. The quantitative estimate of drug-likeness (QED) is 0.464. The van der Waals surface area contributed by atoms with Gasteiger partial charge in [0, 0.05) is 19.0 Å². The average molecular weight is 524 g/mol. The summed E-state index contributed by atoms with van der Waals surface area (Å²) < 4.78 is 39.4. The lowest BCUT2D eigenvalue weighted by Gasteiger charge is -2.32. The summed E-state index contributed by atoms with van der Waals surface area (Å²) in [4.78, 5) is 52.8. The van der Waals surface area contributed by atoms with Crippen LogP contribution in [-0.4, -0.2) is 65.4 Å². The highest BCUT2D eigenvalue weighted by Crippen LogP contribution is 2.59. The molecule has 0 aromatic rings. The van der Waals surface area contributed by atoms with E-state index in [0.29, 0.717) is 19.4 Å². The van der Waals surface area contributed by atoms with Gasteiger partial charge in [-0.2, -0.15) is 18.4 Å². The Hall–Kier alpha value is -2.84. The van der Waals surface area contributed by atoms with E-state index in [4.69, 9.17) is 0 Å². The van der Waals surface area contributed by atoms with E-state index < -0.39 is 47.4 Å². The molecule has 202 valence electrons. The van der Waals surface area contributed by atoms with Crippen molar-refractivity contribution in [3.05, 3.63) is 0 Å². The van der Waals surface area contributed by atoms with E-state index in [2.05, 4.69) is 10.6 Å². The first-order chi connectivity index (χ1) is 17.5. The number of hydrogen-bond donors (Lipinski definition) is 3. The summed E-state index contributed by atoms with van der Waals surface area (Å²) in [6.45, 7) is 0.820. The second-order valence-corrected chi connectivity index (χ2v) is 11.4. The van der Waals surface area contributed by atoms with Gasteiger partial charge in [0.25, 0.3) is 0 Å². The normalized spacial score (nSPS) is 35.7. The molecular formula is C25H32F3N5O4. The van der Waals surface area contributed by atoms with Crippen LogP contribution in [0.1, 0.15) is 57.8 Å². The number of nitrogens with one attached hydrogen (secondary N) is 3. The molecule has 12 heteroatoms. The minimum atomic E-state index is -5.12. The van der Waals surface area contributed by atoms with Gasteiger partial charge in [-0.1, -0.05) is 6.42 Å². The zero-order valence-electron chi connectivity index (χ0n) is 20.5. The van der Waals surface area contributed by atoms with Crippen LogP contribution in [-0.2, 0) is 19.2 Å². The second kappa shape index (κ2) is 9.48. The number of amides is 4. The van der Waals surface area contributed by atoms with Crippen LogP contribution in [0.3, 0.4) is 0 Å². The molecule has 2 saturated heterocycles. The van der Waals surface area contributed by atoms with Gasteiger partial charge in [-0.05, 0) is 75.0 Å². The summed E-state index contributed by atoms with van der Waals surface area (Å²) in [5.74, 6) is -4.23.